The predicted molar refractivity (Wildman–Crippen MR) is 285 cm³/mol. The Labute approximate surface area is 426 Å². The highest BCUT2D eigenvalue weighted by Gasteiger charge is 2.52. The SMILES string of the molecule is CC(C)(C)C1CCCCC(n2c(=O)c3ccc(cc4ccc(c3)c(=O)n(C(C)(C)C(C)(C)C3CCCCC(N5C(=O)C6CC(C[C@H]7CCC(C6)C(=O)N(C(C)(C)C)C7=O)C5=O)CCCC3)c4=O)c2=O)CCC1. The summed E-state index contributed by atoms with van der Waals surface area (Å²) in [6, 6.07) is 9.09. The third-order valence-electron chi connectivity index (χ3n) is 19.1. The average Bonchev–Trinajstić information content (AvgIpc) is 3.44. The van der Waals surface area contributed by atoms with Gasteiger partial charge in [-0.25, -0.2) is 0 Å². The van der Waals surface area contributed by atoms with Gasteiger partial charge >= 0.3 is 0 Å². The van der Waals surface area contributed by atoms with Gasteiger partial charge < -0.3 is 0 Å². The van der Waals surface area contributed by atoms with E-state index in [4.69, 9.17) is 0 Å². The van der Waals surface area contributed by atoms with Crippen LogP contribution in [0.2, 0.25) is 0 Å². The predicted octanol–water partition coefficient (Wildman–Crippen LogP) is 10.8. The molecule has 12 heteroatoms. The van der Waals surface area contributed by atoms with E-state index in [0.717, 1.165) is 70.6 Å². The smallest absolute Gasteiger partial charge is 0.261 e. The molecule has 8 bridgehead atoms. The van der Waals surface area contributed by atoms with Crippen LogP contribution in [0.3, 0.4) is 0 Å². The van der Waals surface area contributed by atoms with Crippen molar-refractivity contribution in [2.24, 2.45) is 46.3 Å². The number of carbonyl (C=O) groups excluding carboxylic acids is 4. The molecule has 3 aromatic rings. The molecule has 3 aliphatic carbocycles. The summed E-state index contributed by atoms with van der Waals surface area (Å²) < 4.78 is 2.80. The maximum atomic E-state index is 15.0. The van der Waals surface area contributed by atoms with Crippen molar-refractivity contribution in [3.8, 4) is 0 Å². The lowest BCUT2D eigenvalue weighted by atomic mass is 9.62. The number of fused-ring (bicyclic) bond motifs is 11. The number of rotatable bonds is 5. The van der Waals surface area contributed by atoms with Gasteiger partial charge in [0.2, 0.25) is 23.6 Å². The molecule has 6 atom stereocenters. The highest BCUT2D eigenvalue weighted by Crippen LogP contribution is 2.48. The topological polar surface area (TPSA) is 153 Å². The molecule has 3 saturated carbocycles. The van der Waals surface area contributed by atoms with Gasteiger partial charge in [-0.2, -0.15) is 0 Å². The molecule has 2 saturated heterocycles. The van der Waals surface area contributed by atoms with Gasteiger partial charge in [-0.3, -0.25) is 57.3 Å². The first-order chi connectivity index (χ1) is 33.8. The fourth-order valence-corrected chi connectivity index (χ4v) is 14.1. The lowest BCUT2D eigenvalue weighted by Gasteiger charge is -2.48. The van der Waals surface area contributed by atoms with Crippen LogP contribution in [-0.2, 0) is 24.7 Å². The van der Waals surface area contributed by atoms with Gasteiger partial charge in [0.25, 0.3) is 22.2 Å². The van der Waals surface area contributed by atoms with Crippen molar-refractivity contribution in [3.63, 3.8) is 0 Å². The van der Waals surface area contributed by atoms with Crippen LogP contribution in [0.25, 0.3) is 21.5 Å². The zero-order valence-corrected chi connectivity index (χ0v) is 45.3. The first-order valence-electron chi connectivity index (χ1n) is 27.9. The Kier molecular flexibility index (Phi) is 15.3. The van der Waals surface area contributed by atoms with E-state index in [0.29, 0.717) is 63.7 Å². The number of amides is 4. The van der Waals surface area contributed by atoms with Gasteiger partial charge in [0.15, 0.2) is 0 Å². The van der Waals surface area contributed by atoms with Gasteiger partial charge in [0, 0.05) is 62.8 Å². The van der Waals surface area contributed by atoms with Crippen LogP contribution in [-0.4, -0.2) is 54.1 Å². The minimum absolute atomic E-state index is 0.0975. The van der Waals surface area contributed by atoms with E-state index < -0.39 is 62.4 Å². The molecule has 1 aromatic carbocycles. The fourth-order valence-electron chi connectivity index (χ4n) is 14.1. The molecule has 4 heterocycles. The third-order valence-corrected chi connectivity index (χ3v) is 19.1. The molecule has 12 nitrogen and oxygen atoms in total. The minimum atomic E-state index is -1.03. The number of likely N-dealkylation sites (tertiary alicyclic amines) is 2. The van der Waals surface area contributed by atoms with Crippen molar-refractivity contribution in [1.82, 2.24) is 18.9 Å². The van der Waals surface area contributed by atoms with Crippen molar-refractivity contribution in [3.05, 3.63) is 77.8 Å². The highest BCUT2D eigenvalue weighted by atomic mass is 16.2. The molecule has 2 aromatic heterocycles. The summed E-state index contributed by atoms with van der Waals surface area (Å²) in [6.07, 6.45) is 14.8. The number of carbonyl (C=O) groups is 4. The van der Waals surface area contributed by atoms with E-state index in [-0.39, 0.29) is 68.6 Å². The van der Waals surface area contributed by atoms with Crippen LogP contribution in [0.1, 0.15) is 204 Å². The Hall–Kier alpha value is -4.74. The number of nitrogens with zero attached hydrogens (tertiary/aromatic N) is 4. The lowest BCUT2D eigenvalue weighted by molar-refractivity contribution is -0.162. The van der Waals surface area contributed by atoms with E-state index >= 15 is 9.59 Å². The fraction of sp³-hybridized carbons (Fsp3) is 0.700. The second-order valence-corrected chi connectivity index (χ2v) is 26.1. The number of imide groups is 2. The van der Waals surface area contributed by atoms with Crippen LogP contribution in [0.4, 0.5) is 0 Å². The Morgan fingerprint density at radius 1 is 0.403 bits per heavy atom. The first kappa shape index (κ1) is 53.5. The Morgan fingerprint density at radius 3 is 1.22 bits per heavy atom. The summed E-state index contributed by atoms with van der Waals surface area (Å²) >= 11 is 0. The van der Waals surface area contributed by atoms with Gasteiger partial charge in [0.1, 0.15) is 0 Å². The van der Waals surface area contributed by atoms with E-state index in [1.165, 1.54) is 14.0 Å². The first-order valence-corrected chi connectivity index (χ1v) is 27.9. The molecule has 5 fully saturated rings. The maximum absolute atomic E-state index is 15.0. The molecule has 5 aliphatic rings. The summed E-state index contributed by atoms with van der Waals surface area (Å²) in [5, 5.41) is 0.903. The Balaban J connectivity index is 1.05. The van der Waals surface area contributed by atoms with Crippen molar-refractivity contribution < 1.29 is 19.2 Å². The maximum Gasteiger partial charge on any atom is 0.261 e. The molecule has 72 heavy (non-hydrogen) atoms. The molecule has 0 spiro atoms. The standard InChI is InChI=1S/C60H84N4O8/c1-57(2,3)45-18-11-14-24-48(25-17-21-45)61-49(65)37-26-27-38(50(61)66)33-40-29-28-39(32-37)55(71)64(56(40)72)60(9,10)59(7,8)46-19-12-15-22-47(23-16-13-20-46)62-51(67)43-34-41-30-31-42(35-44(36-43)52(62)68)54(70)63(53(41)69)58(4,5)6/h26-29,32-33,41-48H,11-25,30-31,34-36H2,1-10H3/t41-,42?,43?,44?,45?,46?,47?,48?/m1/s1. The normalized spacial score (nSPS) is 28.1. The monoisotopic (exact) mass is 989 g/mol. The van der Waals surface area contributed by atoms with Crippen molar-refractivity contribution in [1.29, 1.82) is 0 Å². The second kappa shape index (κ2) is 20.5. The minimum Gasteiger partial charge on any atom is -0.279 e. The second-order valence-electron chi connectivity index (χ2n) is 26.1. The van der Waals surface area contributed by atoms with Crippen LogP contribution >= 0.6 is 0 Å². The Morgan fingerprint density at radius 2 is 0.778 bits per heavy atom. The average molecular weight is 989 g/mol. The molecule has 0 radical (unpaired) electrons. The van der Waals surface area contributed by atoms with Gasteiger partial charge in [-0.05, 0) is 177 Å². The molecule has 5 unspecified atom stereocenters. The van der Waals surface area contributed by atoms with Crippen LogP contribution in [0, 0.1) is 46.3 Å². The van der Waals surface area contributed by atoms with Gasteiger partial charge in [-0.15, -0.1) is 0 Å². The largest absolute Gasteiger partial charge is 0.279 e. The van der Waals surface area contributed by atoms with Crippen molar-refractivity contribution >= 4 is 45.2 Å². The van der Waals surface area contributed by atoms with Crippen LogP contribution < -0.4 is 22.2 Å². The van der Waals surface area contributed by atoms with Gasteiger partial charge in [-0.1, -0.05) is 79.6 Å². The number of piperidine rings is 1. The molecule has 8 rings (SSSR count). The van der Waals surface area contributed by atoms with E-state index in [1.807, 2.05) is 34.6 Å². The lowest BCUT2D eigenvalue weighted by Crippen LogP contribution is -2.57. The van der Waals surface area contributed by atoms with E-state index in [2.05, 4.69) is 34.6 Å². The van der Waals surface area contributed by atoms with Crippen LogP contribution in [0.5, 0.6) is 0 Å². The highest BCUT2D eigenvalue weighted by molar-refractivity contribution is 6.03. The van der Waals surface area contributed by atoms with Crippen LogP contribution in [0.15, 0.2) is 55.6 Å². The molecular formula is C60H84N4O8. The van der Waals surface area contributed by atoms with E-state index in [1.54, 1.807) is 41.3 Å². The summed E-state index contributed by atoms with van der Waals surface area (Å²) in [7, 11) is 0. The van der Waals surface area contributed by atoms with Crippen molar-refractivity contribution in [2.75, 3.05) is 0 Å². The zero-order valence-electron chi connectivity index (χ0n) is 45.3. The Bertz CT molecular complexity index is 2700. The quantitative estimate of drug-likeness (QED) is 0.229. The zero-order chi connectivity index (χ0) is 52.2. The third kappa shape index (κ3) is 10.2. The van der Waals surface area contributed by atoms with Gasteiger partial charge in [0.05, 0.1) is 5.54 Å². The number of hydrogen-bond donors (Lipinski definition) is 0. The summed E-state index contributed by atoms with van der Waals surface area (Å²) in [5.74, 6) is -1.78. The summed E-state index contributed by atoms with van der Waals surface area (Å²) in [5.41, 5.74) is -3.93. The molecular weight excluding hydrogens is 905 g/mol. The van der Waals surface area contributed by atoms with E-state index in [9.17, 15) is 28.8 Å². The summed E-state index contributed by atoms with van der Waals surface area (Å²) in [6.45, 7) is 20.7. The molecule has 2 aliphatic heterocycles. The number of hydrogen-bond acceptors (Lipinski definition) is 8. The number of aromatic nitrogens is 2. The summed E-state index contributed by atoms with van der Waals surface area (Å²) in [4.78, 5) is 119. The molecule has 392 valence electrons. The molecule has 0 N–H and O–H groups in total. The molecule has 4 amide bonds. The van der Waals surface area contributed by atoms with Crippen molar-refractivity contribution in [2.45, 2.75) is 221 Å².